The Kier molecular flexibility index (Phi) is 10.4. The standard InChI is InChI=1S/C35H48N2O7S2/c1-24-21-31(28(34(2,3)4)22-30(24)44-46(41,42)37-19-17-36(5)18-20-37)45-32-29(39)23-35(43-33(32)40,26-9-7-6-8-10-26)16-15-25-11-13-27(38)14-12-25/h11-14,21-22,26,38-39H,6-10,15-20,23H2,1-5H3. The van der Waals surface area contributed by atoms with Crippen LogP contribution in [0.1, 0.15) is 82.4 Å². The first-order valence-electron chi connectivity index (χ1n) is 16.3. The number of nitrogens with zero attached hydrogens (tertiary/aromatic N) is 2. The van der Waals surface area contributed by atoms with E-state index in [1.54, 1.807) is 25.1 Å². The molecular weight excluding hydrogens is 625 g/mol. The first-order chi connectivity index (χ1) is 21.7. The van der Waals surface area contributed by atoms with Gasteiger partial charge in [-0.05, 0) is 91.9 Å². The van der Waals surface area contributed by atoms with Crippen LogP contribution in [0.3, 0.4) is 0 Å². The summed E-state index contributed by atoms with van der Waals surface area (Å²) in [5.74, 6) is 0.122. The number of carbonyl (C=O) groups is 1. The minimum absolute atomic E-state index is 0.0352. The number of esters is 1. The minimum Gasteiger partial charge on any atom is -0.511 e. The molecule has 46 heavy (non-hydrogen) atoms. The molecule has 0 spiro atoms. The van der Waals surface area contributed by atoms with Gasteiger partial charge in [0.2, 0.25) is 0 Å². The number of likely N-dealkylation sites (N-methyl/N-ethyl adjacent to an activating group) is 1. The van der Waals surface area contributed by atoms with Gasteiger partial charge in [-0.3, -0.25) is 0 Å². The molecule has 2 aromatic carbocycles. The molecule has 0 aromatic heterocycles. The molecule has 2 fully saturated rings. The molecule has 3 aliphatic rings. The number of aromatic hydroxyl groups is 1. The zero-order valence-electron chi connectivity index (χ0n) is 27.7. The van der Waals surface area contributed by atoms with Crippen LogP contribution < -0.4 is 4.18 Å². The first kappa shape index (κ1) is 34.6. The molecule has 2 aliphatic heterocycles. The average molecular weight is 673 g/mol. The van der Waals surface area contributed by atoms with Gasteiger partial charge in [-0.15, -0.1) is 0 Å². The summed E-state index contributed by atoms with van der Waals surface area (Å²) in [6.07, 6.45) is 6.69. The van der Waals surface area contributed by atoms with Crippen molar-refractivity contribution in [2.45, 2.75) is 95.0 Å². The number of benzene rings is 2. The third-order valence-corrected chi connectivity index (χ3v) is 12.2. The van der Waals surface area contributed by atoms with E-state index >= 15 is 0 Å². The van der Waals surface area contributed by atoms with E-state index in [4.69, 9.17) is 8.92 Å². The van der Waals surface area contributed by atoms with E-state index in [0.29, 0.717) is 44.6 Å². The normalized spacial score (nSPS) is 22.6. The Morgan fingerprint density at radius 1 is 1.02 bits per heavy atom. The van der Waals surface area contributed by atoms with Gasteiger partial charge in [-0.25, -0.2) is 4.79 Å². The van der Waals surface area contributed by atoms with Gasteiger partial charge in [0.15, 0.2) is 0 Å². The number of ether oxygens (including phenoxy) is 1. The quantitative estimate of drug-likeness (QED) is 0.283. The predicted octanol–water partition coefficient (Wildman–Crippen LogP) is 6.63. The molecule has 1 unspecified atom stereocenters. The summed E-state index contributed by atoms with van der Waals surface area (Å²) in [6, 6.07) is 10.7. The number of aliphatic hydroxyl groups is 1. The average Bonchev–Trinajstić information content (AvgIpc) is 3.00. The fourth-order valence-corrected chi connectivity index (χ4v) is 9.15. The second kappa shape index (κ2) is 13.8. The Morgan fingerprint density at radius 3 is 2.28 bits per heavy atom. The number of aryl methyl sites for hydroxylation is 2. The zero-order chi connectivity index (χ0) is 33.3. The molecule has 9 nitrogen and oxygen atoms in total. The van der Waals surface area contributed by atoms with Crippen LogP contribution in [-0.4, -0.2) is 72.6 Å². The number of piperazine rings is 1. The van der Waals surface area contributed by atoms with Gasteiger partial charge >= 0.3 is 16.3 Å². The number of hydrogen-bond acceptors (Lipinski definition) is 9. The molecular formula is C35H48N2O7S2. The van der Waals surface area contributed by atoms with Crippen molar-refractivity contribution in [3.63, 3.8) is 0 Å². The van der Waals surface area contributed by atoms with Gasteiger partial charge in [-0.1, -0.05) is 63.9 Å². The van der Waals surface area contributed by atoms with Crippen LogP contribution in [0.15, 0.2) is 52.0 Å². The van der Waals surface area contributed by atoms with Crippen molar-refractivity contribution in [3.05, 3.63) is 63.8 Å². The molecule has 0 amide bonds. The Bertz CT molecular complexity index is 1550. The Hall–Kier alpha value is -2.73. The van der Waals surface area contributed by atoms with E-state index in [2.05, 4.69) is 4.90 Å². The maximum atomic E-state index is 13.8. The third-order valence-electron chi connectivity index (χ3n) is 9.60. The lowest BCUT2D eigenvalue weighted by atomic mass is 9.71. The highest BCUT2D eigenvalue weighted by molar-refractivity contribution is 8.04. The summed E-state index contributed by atoms with van der Waals surface area (Å²) in [6.45, 7) is 9.85. The molecule has 1 saturated heterocycles. The van der Waals surface area contributed by atoms with Crippen LogP contribution in [0, 0.1) is 12.8 Å². The summed E-state index contributed by atoms with van der Waals surface area (Å²) < 4.78 is 39.8. The second-order valence-corrected chi connectivity index (χ2v) is 16.7. The number of phenolic OH excluding ortho intramolecular Hbond substituents is 1. The van der Waals surface area contributed by atoms with Crippen molar-refractivity contribution in [2.24, 2.45) is 5.92 Å². The second-order valence-electron chi connectivity index (χ2n) is 14.1. The van der Waals surface area contributed by atoms with Crippen LogP contribution in [0.4, 0.5) is 0 Å². The van der Waals surface area contributed by atoms with E-state index in [0.717, 1.165) is 48.1 Å². The van der Waals surface area contributed by atoms with E-state index in [1.807, 2.05) is 46.0 Å². The van der Waals surface area contributed by atoms with Crippen molar-refractivity contribution < 1.29 is 32.3 Å². The number of aliphatic hydroxyl groups excluding tert-OH is 1. The molecule has 2 heterocycles. The zero-order valence-corrected chi connectivity index (χ0v) is 29.3. The molecule has 252 valence electrons. The lowest BCUT2D eigenvalue weighted by molar-refractivity contribution is -0.168. The van der Waals surface area contributed by atoms with Crippen LogP contribution in [0.25, 0.3) is 0 Å². The summed E-state index contributed by atoms with van der Waals surface area (Å²) >= 11 is 1.17. The van der Waals surface area contributed by atoms with Crippen LogP contribution in [0.5, 0.6) is 11.5 Å². The maximum absolute atomic E-state index is 13.8. The first-order valence-corrected chi connectivity index (χ1v) is 18.5. The minimum atomic E-state index is -3.99. The highest BCUT2D eigenvalue weighted by Crippen LogP contribution is 2.49. The number of hydrogen-bond donors (Lipinski definition) is 2. The molecule has 1 atom stereocenters. The fourth-order valence-electron chi connectivity index (χ4n) is 6.78. The maximum Gasteiger partial charge on any atom is 0.385 e. The number of thioether (sulfide) groups is 1. The monoisotopic (exact) mass is 672 g/mol. The lowest BCUT2D eigenvalue weighted by Crippen LogP contribution is -2.48. The summed E-state index contributed by atoms with van der Waals surface area (Å²) in [5, 5.41) is 21.3. The largest absolute Gasteiger partial charge is 0.511 e. The highest BCUT2D eigenvalue weighted by Gasteiger charge is 2.48. The summed E-state index contributed by atoms with van der Waals surface area (Å²) in [7, 11) is -2.03. The van der Waals surface area contributed by atoms with Crippen molar-refractivity contribution in [1.82, 2.24) is 9.21 Å². The van der Waals surface area contributed by atoms with Crippen LogP contribution in [-0.2, 0) is 31.7 Å². The van der Waals surface area contributed by atoms with E-state index < -0.39 is 27.3 Å². The molecule has 0 bridgehead atoms. The van der Waals surface area contributed by atoms with Gasteiger partial charge in [0.25, 0.3) is 0 Å². The van der Waals surface area contributed by atoms with Crippen LogP contribution in [0.2, 0.25) is 0 Å². The Morgan fingerprint density at radius 2 is 1.67 bits per heavy atom. The summed E-state index contributed by atoms with van der Waals surface area (Å²) in [5.41, 5.74) is 1.23. The van der Waals surface area contributed by atoms with E-state index in [9.17, 15) is 23.4 Å². The van der Waals surface area contributed by atoms with Gasteiger partial charge in [0, 0.05) is 37.5 Å². The van der Waals surface area contributed by atoms with Gasteiger partial charge in [0.05, 0.1) is 0 Å². The lowest BCUT2D eigenvalue weighted by Gasteiger charge is -2.44. The van der Waals surface area contributed by atoms with E-state index in [1.165, 1.54) is 16.1 Å². The molecule has 1 aliphatic carbocycles. The molecule has 1 saturated carbocycles. The Balaban J connectivity index is 1.42. The molecule has 5 rings (SSSR count). The number of rotatable bonds is 9. The van der Waals surface area contributed by atoms with E-state index in [-0.39, 0.29) is 34.5 Å². The van der Waals surface area contributed by atoms with Crippen molar-refractivity contribution in [2.75, 3.05) is 33.2 Å². The SMILES string of the molecule is Cc1cc(SC2=C(O)CC(CCc3ccc(O)cc3)(C3CCCCC3)OC2=O)c(C(C)(C)C)cc1OS(=O)(=O)N1CCN(C)CC1. The fraction of sp³-hybridized carbons (Fsp3) is 0.571. The summed E-state index contributed by atoms with van der Waals surface area (Å²) in [4.78, 5) is 16.8. The molecule has 2 aromatic rings. The van der Waals surface area contributed by atoms with Gasteiger partial charge in [-0.2, -0.15) is 12.7 Å². The van der Waals surface area contributed by atoms with Crippen LogP contribution >= 0.6 is 11.8 Å². The number of carbonyl (C=O) groups excluding carboxylic acids is 1. The van der Waals surface area contributed by atoms with Gasteiger partial charge < -0.3 is 24.0 Å². The number of cyclic esters (lactones) is 1. The van der Waals surface area contributed by atoms with Crippen molar-refractivity contribution in [3.8, 4) is 11.5 Å². The van der Waals surface area contributed by atoms with Crippen molar-refractivity contribution >= 4 is 28.0 Å². The molecule has 11 heteroatoms. The third kappa shape index (κ3) is 7.86. The number of phenols is 1. The predicted molar refractivity (Wildman–Crippen MR) is 180 cm³/mol. The van der Waals surface area contributed by atoms with Gasteiger partial charge in [0.1, 0.15) is 27.8 Å². The highest BCUT2D eigenvalue weighted by atomic mass is 32.2. The molecule has 2 N–H and O–H groups in total. The van der Waals surface area contributed by atoms with Crippen molar-refractivity contribution in [1.29, 1.82) is 0 Å². The molecule has 0 radical (unpaired) electrons. The smallest absolute Gasteiger partial charge is 0.385 e. The Labute approximate surface area is 278 Å². The topological polar surface area (TPSA) is 117 Å².